The number of methoxy groups -OCH3 is 1. The van der Waals surface area contributed by atoms with E-state index in [9.17, 15) is 9.90 Å². The predicted molar refractivity (Wildman–Crippen MR) is 93.3 cm³/mol. The Morgan fingerprint density at radius 1 is 1.12 bits per heavy atom. The molecule has 0 aliphatic heterocycles. The SMILES string of the molecule is COC(=O)[C@]1(C)CCC[C@@]2(C)[C@@H]3C[C@@H]4CC[C@]3(CC[C@@H]21)C[C@@H]4CO. The number of esters is 1. The fourth-order valence-electron chi connectivity index (χ4n) is 8.15. The number of hydrogen-bond acceptors (Lipinski definition) is 3. The van der Waals surface area contributed by atoms with Gasteiger partial charge in [-0.3, -0.25) is 4.79 Å². The molecular formula is C21H34O3. The van der Waals surface area contributed by atoms with E-state index in [0.29, 0.717) is 29.8 Å². The second-order valence-electron chi connectivity index (χ2n) is 9.96. The van der Waals surface area contributed by atoms with Crippen LogP contribution < -0.4 is 0 Å². The lowest BCUT2D eigenvalue weighted by molar-refractivity contribution is -0.208. The van der Waals surface area contributed by atoms with E-state index in [-0.39, 0.29) is 16.8 Å². The number of aliphatic hydroxyl groups excluding tert-OH is 1. The molecular weight excluding hydrogens is 300 g/mol. The van der Waals surface area contributed by atoms with Gasteiger partial charge in [-0.15, -0.1) is 0 Å². The fraction of sp³-hybridized carbons (Fsp3) is 0.952. The van der Waals surface area contributed by atoms with E-state index in [4.69, 9.17) is 4.74 Å². The number of carbonyl (C=O) groups is 1. The summed E-state index contributed by atoms with van der Waals surface area (Å²) in [5.41, 5.74) is 0.427. The lowest BCUT2D eigenvalue weighted by Gasteiger charge is -2.68. The largest absolute Gasteiger partial charge is 0.469 e. The zero-order valence-corrected chi connectivity index (χ0v) is 15.6. The van der Waals surface area contributed by atoms with Crippen LogP contribution in [-0.4, -0.2) is 24.8 Å². The van der Waals surface area contributed by atoms with E-state index >= 15 is 0 Å². The van der Waals surface area contributed by atoms with Gasteiger partial charge in [-0.1, -0.05) is 13.3 Å². The third kappa shape index (κ3) is 2.03. The molecule has 0 heterocycles. The number of hydrogen-bond donors (Lipinski definition) is 1. The summed E-state index contributed by atoms with van der Waals surface area (Å²) in [6.45, 7) is 5.05. The Balaban J connectivity index is 1.70. The minimum Gasteiger partial charge on any atom is -0.469 e. The van der Waals surface area contributed by atoms with E-state index in [1.807, 2.05) is 0 Å². The maximum absolute atomic E-state index is 12.6. The first-order valence-electron chi connectivity index (χ1n) is 10.1. The number of fused-ring (bicyclic) bond motifs is 3. The Kier molecular flexibility index (Phi) is 3.84. The molecule has 0 saturated heterocycles. The van der Waals surface area contributed by atoms with Crippen molar-refractivity contribution >= 4 is 5.97 Å². The minimum absolute atomic E-state index is 0.0172. The van der Waals surface area contributed by atoms with Gasteiger partial charge < -0.3 is 9.84 Å². The fourth-order valence-corrected chi connectivity index (χ4v) is 8.15. The van der Waals surface area contributed by atoms with Crippen LogP contribution in [0.3, 0.4) is 0 Å². The molecule has 1 spiro atoms. The summed E-state index contributed by atoms with van der Waals surface area (Å²) in [5, 5.41) is 9.82. The highest BCUT2D eigenvalue weighted by Gasteiger charge is 2.65. The van der Waals surface area contributed by atoms with Crippen molar-refractivity contribution in [3.63, 3.8) is 0 Å². The monoisotopic (exact) mass is 334 g/mol. The molecule has 3 heteroatoms. The van der Waals surface area contributed by atoms with Crippen molar-refractivity contribution in [3.05, 3.63) is 0 Å². The molecule has 0 amide bonds. The van der Waals surface area contributed by atoms with Gasteiger partial charge in [0.05, 0.1) is 12.5 Å². The quantitative estimate of drug-likeness (QED) is 0.771. The van der Waals surface area contributed by atoms with Crippen LogP contribution in [0.15, 0.2) is 0 Å². The molecule has 0 unspecified atom stereocenters. The van der Waals surface area contributed by atoms with E-state index in [2.05, 4.69) is 13.8 Å². The van der Waals surface area contributed by atoms with Gasteiger partial charge in [0.25, 0.3) is 0 Å². The number of rotatable bonds is 2. The Labute approximate surface area is 146 Å². The van der Waals surface area contributed by atoms with Crippen LogP contribution in [0.5, 0.6) is 0 Å². The van der Waals surface area contributed by atoms with E-state index in [1.165, 1.54) is 44.9 Å². The maximum atomic E-state index is 12.6. The van der Waals surface area contributed by atoms with Crippen molar-refractivity contribution in [3.8, 4) is 0 Å². The standard InChI is InChI=1S/C21H34O3/c1-19-7-4-8-20(2,18(23)24-3)16(19)6-10-21-9-5-14(11-17(19)21)15(12-21)13-22/h14-17,22H,4-13H2,1-3H3/t14-,15+,16-,17-,19+,20+,21-/m0/s1. The highest BCUT2D eigenvalue weighted by Crippen LogP contribution is 2.72. The molecule has 1 N–H and O–H groups in total. The zero-order chi connectivity index (χ0) is 17.2. The second-order valence-corrected chi connectivity index (χ2v) is 9.96. The van der Waals surface area contributed by atoms with Gasteiger partial charge in [-0.25, -0.2) is 0 Å². The highest BCUT2D eigenvalue weighted by molar-refractivity contribution is 5.77. The van der Waals surface area contributed by atoms with Crippen LogP contribution in [0.1, 0.15) is 71.6 Å². The molecule has 0 aromatic heterocycles. The molecule has 0 aromatic carbocycles. The molecule has 2 bridgehead atoms. The van der Waals surface area contributed by atoms with Crippen molar-refractivity contribution in [2.45, 2.75) is 71.6 Å². The van der Waals surface area contributed by atoms with Crippen LogP contribution in [0.2, 0.25) is 0 Å². The van der Waals surface area contributed by atoms with Crippen molar-refractivity contribution in [1.29, 1.82) is 0 Å². The normalized spacial score (nSPS) is 53.2. The Morgan fingerprint density at radius 3 is 2.58 bits per heavy atom. The first kappa shape index (κ1) is 16.9. The molecule has 7 atom stereocenters. The summed E-state index contributed by atoms with van der Waals surface area (Å²) < 4.78 is 5.25. The summed E-state index contributed by atoms with van der Waals surface area (Å²) in [6, 6.07) is 0. The molecule has 0 aromatic rings. The van der Waals surface area contributed by atoms with Crippen molar-refractivity contribution < 1.29 is 14.6 Å². The molecule has 5 rings (SSSR count). The van der Waals surface area contributed by atoms with Crippen LogP contribution in [0.4, 0.5) is 0 Å². The predicted octanol–water partition coefficient (Wildman–Crippen LogP) is 4.18. The van der Waals surface area contributed by atoms with Gasteiger partial charge in [0.1, 0.15) is 0 Å². The van der Waals surface area contributed by atoms with Gasteiger partial charge in [0.2, 0.25) is 0 Å². The van der Waals surface area contributed by atoms with E-state index in [0.717, 1.165) is 18.8 Å². The van der Waals surface area contributed by atoms with Gasteiger partial charge in [-0.05, 0) is 92.8 Å². The first-order valence-corrected chi connectivity index (χ1v) is 10.1. The molecule has 0 radical (unpaired) electrons. The summed E-state index contributed by atoms with van der Waals surface area (Å²) in [4.78, 5) is 12.6. The topological polar surface area (TPSA) is 46.5 Å². The Morgan fingerprint density at radius 2 is 1.88 bits per heavy atom. The number of carbonyl (C=O) groups excluding carboxylic acids is 1. The highest BCUT2D eigenvalue weighted by atomic mass is 16.5. The van der Waals surface area contributed by atoms with Crippen molar-refractivity contribution in [2.24, 2.45) is 39.9 Å². The summed E-state index contributed by atoms with van der Waals surface area (Å²) in [5.74, 6) is 2.47. The Bertz CT molecular complexity index is 531. The van der Waals surface area contributed by atoms with Crippen LogP contribution in [0.25, 0.3) is 0 Å². The lowest BCUT2D eigenvalue weighted by atomic mass is 9.36. The molecule has 136 valence electrons. The van der Waals surface area contributed by atoms with Gasteiger partial charge in [0, 0.05) is 6.61 Å². The van der Waals surface area contributed by atoms with Crippen LogP contribution >= 0.6 is 0 Å². The second kappa shape index (κ2) is 5.46. The van der Waals surface area contributed by atoms with Crippen LogP contribution in [0, 0.1) is 39.9 Å². The molecule has 5 aliphatic rings. The maximum Gasteiger partial charge on any atom is 0.311 e. The van der Waals surface area contributed by atoms with Gasteiger partial charge >= 0.3 is 5.97 Å². The molecule has 5 saturated carbocycles. The lowest BCUT2D eigenvalue weighted by Crippen LogP contribution is -2.62. The molecule has 3 nitrogen and oxygen atoms in total. The van der Waals surface area contributed by atoms with E-state index < -0.39 is 0 Å². The first-order chi connectivity index (χ1) is 11.4. The average Bonchev–Trinajstić information content (AvgIpc) is 2.60. The van der Waals surface area contributed by atoms with Crippen LogP contribution in [-0.2, 0) is 9.53 Å². The molecule has 5 aliphatic carbocycles. The van der Waals surface area contributed by atoms with Crippen molar-refractivity contribution in [1.82, 2.24) is 0 Å². The minimum atomic E-state index is -0.295. The molecule has 24 heavy (non-hydrogen) atoms. The molecule has 5 fully saturated rings. The number of aliphatic hydroxyl groups is 1. The van der Waals surface area contributed by atoms with Gasteiger partial charge in [-0.2, -0.15) is 0 Å². The summed E-state index contributed by atoms with van der Waals surface area (Å²) in [7, 11) is 1.55. The smallest absolute Gasteiger partial charge is 0.311 e. The summed E-state index contributed by atoms with van der Waals surface area (Å²) >= 11 is 0. The van der Waals surface area contributed by atoms with Gasteiger partial charge in [0.15, 0.2) is 0 Å². The van der Waals surface area contributed by atoms with E-state index in [1.54, 1.807) is 7.11 Å². The zero-order valence-electron chi connectivity index (χ0n) is 15.6. The third-order valence-corrected chi connectivity index (χ3v) is 9.22. The Hall–Kier alpha value is -0.570. The average molecular weight is 335 g/mol. The third-order valence-electron chi connectivity index (χ3n) is 9.22. The summed E-state index contributed by atoms with van der Waals surface area (Å²) in [6.07, 6.45) is 11.0. The van der Waals surface area contributed by atoms with Crippen molar-refractivity contribution in [2.75, 3.05) is 13.7 Å². The number of ether oxygens (including phenoxy) is 1.